The van der Waals surface area contributed by atoms with Gasteiger partial charge in [-0.3, -0.25) is 5.32 Å². The highest BCUT2D eigenvalue weighted by Gasteiger charge is 2.32. The maximum absolute atomic E-state index is 13.5. The number of amides is 1. The molecule has 1 aromatic heterocycles. The van der Waals surface area contributed by atoms with Crippen LogP contribution in [0.5, 0.6) is 5.75 Å². The van der Waals surface area contributed by atoms with Crippen molar-refractivity contribution in [1.29, 1.82) is 0 Å². The fraction of sp³-hybridized carbons (Fsp3) is 0.483. The van der Waals surface area contributed by atoms with Crippen molar-refractivity contribution in [2.75, 3.05) is 24.3 Å². The van der Waals surface area contributed by atoms with E-state index < -0.39 is 15.9 Å². The van der Waals surface area contributed by atoms with Crippen molar-refractivity contribution in [3.63, 3.8) is 0 Å². The van der Waals surface area contributed by atoms with Crippen molar-refractivity contribution in [3.05, 3.63) is 42.5 Å². The molecule has 2 fully saturated rings. The molecular formula is C29H36N2O6S. The van der Waals surface area contributed by atoms with Crippen LogP contribution in [-0.4, -0.2) is 50.3 Å². The minimum atomic E-state index is -3.55. The molecule has 0 unspecified atom stereocenters. The lowest BCUT2D eigenvalue weighted by atomic mass is 9.92. The Kier molecular flexibility index (Phi) is 7.68. The first kappa shape index (κ1) is 26.6. The standard InChI is InChI=1S/C29H36N2O6S/c1-4-38(33,34)28-25-13-12-24(37-23-14-16-35-17-15-23)18-26(25)31(22-6-5-7-22)27(28)20-8-10-21(11-9-20)30-29(32)36-19(2)3/h8-13,18-19,22-23H,4-7,14-17H2,1-3H3,(H,30,32). The van der Waals surface area contributed by atoms with Crippen molar-refractivity contribution < 1.29 is 27.4 Å². The molecule has 0 spiro atoms. The van der Waals surface area contributed by atoms with E-state index >= 15 is 0 Å². The number of hydrogen-bond acceptors (Lipinski definition) is 6. The number of sulfone groups is 1. The molecule has 204 valence electrons. The molecule has 5 rings (SSSR count). The van der Waals surface area contributed by atoms with Crippen LogP contribution in [0.25, 0.3) is 22.2 Å². The highest BCUT2D eigenvalue weighted by atomic mass is 32.2. The molecule has 2 aromatic carbocycles. The second kappa shape index (κ2) is 11.0. The third kappa shape index (κ3) is 5.40. The summed E-state index contributed by atoms with van der Waals surface area (Å²) in [7, 11) is -3.55. The van der Waals surface area contributed by atoms with Crippen LogP contribution in [0.1, 0.15) is 58.9 Å². The number of rotatable bonds is 8. The summed E-state index contributed by atoms with van der Waals surface area (Å²) >= 11 is 0. The Morgan fingerprint density at radius 3 is 2.39 bits per heavy atom. The van der Waals surface area contributed by atoms with E-state index in [1.54, 1.807) is 32.9 Å². The first-order chi connectivity index (χ1) is 18.3. The average molecular weight is 541 g/mol. The van der Waals surface area contributed by atoms with Crippen LogP contribution < -0.4 is 10.1 Å². The van der Waals surface area contributed by atoms with Crippen molar-refractivity contribution in [2.24, 2.45) is 0 Å². The van der Waals surface area contributed by atoms with E-state index in [0.29, 0.717) is 29.5 Å². The summed E-state index contributed by atoms with van der Waals surface area (Å²) in [6.45, 7) is 6.64. The normalized spacial score (nSPS) is 16.9. The van der Waals surface area contributed by atoms with E-state index in [4.69, 9.17) is 14.2 Å². The Balaban J connectivity index is 1.61. The zero-order valence-electron chi connectivity index (χ0n) is 22.2. The number of anilines is 1. The topological polar surface area (TPSA) is 95.9 Å². The van der Waals surface area contributed by atoms with Crippen LogP contribution in [0.15, 0.2) is 47.4 Å². The number of benzene rings is 2. The first-order valence-corrected chi connectivity index (χ1v) is 15.1. The van der Waals surface area contributed by atoms with E-state index in [9.17, 15) is 13.2 Å². The highest BCUT2D eigenvalue weighted by molar-refractivity contribution is 7.91. The lowest BCUT2D eigenvalue weighted by Crippen LogP contribution is -2.25. The minimum absolute atomic E-state index is 0.00475. The summed E-state index contributed by atoms with van der Waals surface area (Å²) in [6, 6.07) is 13.3. The van der Waals surface area contributed by atoms with Crippen LogP contribution in [0.3, 0.4) is 0 Å². The summed E-state index contributed by atoms with van der Waals surface area (Å²) in [5.41, 5.74) is 2.95. The molecule has 1 aliphatic heterocycles. The first-order valence-electron chi connectivity index (χ1n) is 13.5. The fourth-order valence-electron chi connectivity index (χ4n) is 5.15. The molecule has 1 saturated heterocycles. The van der Waals surface area contributed by atoms with Gasteiger partial charge in [-0.1, -0.05) is 19.1 Å². The molecule has 38 heavy (non-hydrogen) atoms. The summed E-state index contributed by atoms with van der Waals surface area (Å²) in [6.07, 6.45) is 4.12. The molecule has 9 heteroatoms. The molecule has 3 aromatic rings. The van der Waals surface area contributed by atoms with Gasteiger partial charge in [0.15, 0.2) is 9.84 Å². The van der Waals surface area contributed by atoms with Crippen molar-refractivity contribution in [1.82, 2.24) is 4.57 Å². The van der Waals surface area contributed by atoms with Gasteiger partial charge in [-0.15, -0.1) is 0 Å². The van der Waals surface area contributed by atoms with E-state index in [-0.39, 0.29) is 24.0 Å². The van der Waals surface area contributed by atoms with Gasteiger partial charge in [0.25, 0.3) is 0 Å². The summed E-state index contributed by atoms with van der Waals surface area (Å²) in [5.74, 6) is 0.753. The van der Waals surface area contributed by atoms with Gasteiger partial charge in [0.05, 0.1) is 36.3 Å². The van der Waals surface area contributed by atoms with E-state index in [2.05, 4.69) is 9.88 Å². The minimum Gasteiger partial charge on any atom is -0.490 e. The van der Waals surface area contributed by atoms with Crippen molar-refractivity contribution in [2.45, 2.75) is 76.0 Å². The number of fused-ring (bicyclic) bond motifs is 1. The summed E-state index contributed by atoms with van der Waals surface area (Å²) in [5, 5.41) is 3.45. The van der Waals surface area contributed by atoms with Crippen LogP contribution in [0, 0.1) is 0 Å². The van der Waals surface area contributed by atoms with Crippen molar-refractivity contribution >= 4 is 32.5 Å². The second-order valence-electron chi connectivity index (χ2n) is 10.3. The Morgan fingerprint density at radius 2 is 1.79 bits per heavy atom. The molecule has 1 amide bonds. The molecular weight excluding hydrogens is 504 g/mol. The molecule has 8 nitrogen and oxygen atoms in total. The van der Waals surface area contributed by atoms with Gasteiger partial charge in [0.2, 0.25) is 0 Å². The third-order valence-electron chi connectivity index (χ3n) is 7.28. The molecule has 2 aliphatic rings. The molecule has 0 atom stereocenters. The van der Waals surface area contributed by atoms with Gasteiger partial charge < -0.3 is 18.8 Å². The zero-order valence-corrected chi connectivity index (χ0v) is 23.1. The molecule has 1 aliphatic carbocycles. The van der Waals surface area contributed by atoms with Gasteiger partial charge >= 0.3 is 6.09 Å². The Labute approximate surface area is 224 Å². The highest BCUT2D eigenvalue weighted by Crippen LogP contribution is 2.45. The molecule has 0 radical (unpaired) electrons. The summed E-state index contributed by atoms with van der Waals surface area (Å²) in [4.78, 5) is 12.4. The van der Waals surface area contributed by atoms with Gasteiger partial charge in [-0.25, -0.2) is 13.2 Å². The number of nitrogens with zero attached hydrogens (tertiary/aromatic N) is 1. The predicted molar refractivity (Wildman–Crippen MR) is 148 cm³/mol. The SMILES string of the molecule is CCS(=O)(=O)c1c(-c2ccc(NC(=O)OC(C)C)cc2)n(C2CCC2)c2cc(OC3CCOCC3)ccc12. The lowest BCUT2D eigenvalue weighted by Gasteiger charge is -2.30. The van der Waals surface area contributed by atoms with Crippen LogP contribution >= 0.6 is 0 Å². The van der Waals surface area contributed by atoms with E-state index in [1.807, 2.05) is 30.3 Å². The largest absolute Gasteiger partial charge is 0.490 e. The zero-order chi connectivity index (χ0) is 26.9. The quantitative estimate of drug-likeness (QED) is 0.358. The number of carbonyl (C=O) groups excluding carboxylic acids is 1. The van der Waals surface area contributed by atoms with Crippen molar-refractivity contribution in [3.8, 4) is 17.0 Å². The average Bonchev–Trinajstić information content (AvgIpc) is 3.18. The number of hydrogen-bond donors (Lipinski definition) is 1. The molecule has 1 N–H and O–H groups in total. The van der Waals surface area contributed by atoms with Gasteiger partial charge in [0, 0.05) is 36.0 Å². The maximum atomic E-state index is 13.5. The number of carbonyl (C=O) groups is 1. The molecule has 1 saturated carbocycles. The van der Waals surface area contributed by atoms with Gasteiger partial charge in [-0.2, -0.15) is 0 Å². The lowest BCUT2D eigenvalue weighted by molar-refractivity contribution is 0.0256. The maximum Gasteiger partial charge on any atom is 0.411 e. The number of nitrogens with one attached hydrogen (secondary N) is 1. The van der Waals surface area contributed by atoms with Gasteiger partial charge in [0.1, 0.15) is 16.7 Å². The van der Waals surface area contributed by atoms with Crippen LogP contribution in [-0.2, 0) is 19.3 Å². The fourth-order valence-corrected chi connectivity index (χ4v) is 6.45. The second-order valence-corrected chi connectivity index (χ2v) is 12.5. The third-order valence-corrected chi connectivity index (χ3v) is 9.07. The van der Waals surface area contributed by atoms with E-state index in [0.717, 1.165) is 54.3 Å². The Hall–Kier alpha value is -3.04. The Bertz CT molecular complexity index is 1400. The monoisotopic (exact) mass is 540 g/mol. The summed E-state index contributed by atoms with van der Waals surface area (Å²) < 4.78 is 46.2. The Morgan fingerprint density at radius 1 is 1.08 bits per heavy atom. The van der Waals surface area contributed by atoms with E-state index in [1.165, 1.54) is 0 Å². The predicted octanol–water partition coefficient (Wildman–Crippen LogP) is 6.34. The van der Waals surface area contributed by atoms with Crippen LogP contribution in [0.4, 0.5) is 10.5 Å². The number of aromatic nitrogens is 1. The number of ether oxygens (including phenoxy) is 3. The molecule has 2 heterocycles. The molecule has 0 bridgehead atoms. The smallest absolute Gasteiger partial charge is 0.411 e. The van der Waals surface area contributed by atoms with Crippen LogP contribution in [0.2, 0.25) is 0 Å². The van der Waals surface area contributed by atoms with Gasteiger partial charge in [-0.05, 0) is 62.9 Å².